The van der Waals surface area contributed by atoms with Crippen LogP contribution in [0.1, 0.15) is 16.7 Å². The third-order valence-electron chi connectivity index (χ3n) is 4.82. The van der Waals surface area contributed by atoms with Crippen LogP contribution in [0.4, 0.5) is 11.4 Å². The van der Waals surface area contributed by atoms with Gasteiger partial charge in [0.2, 0.25) is 0 Å². The highest BCUT2D eigenvalue weighted by Crippen LogP contribution is 2.26. The van der Waals surface area contributed by atoms with E-state index in [1.807, 2.05) is 44.2 Å². The summed E-state index contributed by atoms with van der Waals surface area (Å²) in [6.07, 6.45) is 1.38. The van der Waals surface area contributed by atoms with Gasteiger partial charge in [0.05, 0.1) is 0 Å². The fraction of sp³-hybridized carbons (Fsp3) is 0.115. The molecule has 166 valence electrons. The number of hydrogen-bond acceptors (Lipinski definition) is 4. The van der Waals surface area contributed by atoms with E-state index in [-0.39, 0.29) is 18.1 Å². The molecule has 0 unspecified atom stereocenters. The molecule has 6 nitrogen and oxygen atoms in total. The second kappa shape index (κ2) is 11.0. The normalized spacial score (nSPS) is 10.8. The Hall–Kier alpha value is -4.08. The average Bonchev–Trinajstić information content (AvgIpc) is 2.80. The molecule has 2 N–H and O–H groups in total. The van der Waals surface area contributed by atoms with E-state index in [2.05, 4.69) is 10.6 Å². The average molecular weight is 460 g/mol. The lowest BCUT2D eigenvalue weighted by atomic mass is 10.1. The number of benzene rings is 3. The number of halogens is 1. The molecule has 0 heterocycles. The number of aryl methyl sites for hydroxylation is 2. The molecule has 0 aliphatic carbocycles. The Morgan fingerprint density at radius 2 is 1.73 bits per heavy atom. The van der Waals surface area contributed by atoms with Gasteiger partial charge in [-0.25, -0.2) is 0 Å². The maximum atomic E-state index is 12.5. The molecule has 0 saturated carbocycles. The molecule has 0 atom stereocenters. The van der Waals surface area contributed by atoms with Crippen LogP contribution in [0, 0.1) is 25.2 Å². The van der Waals surface area contributed by atoms with E-state index in [0.29, 0.717) is 27.7 Å². The Kier molecular flexibility index (Phi) is 7.85. The van der Waals surface area contributed by atoms with Crippen molar-refractivity contribution in [3.05, 3.63) is 94.0 Å². The Morgan fingerprint density at radius 1 is 0.970 bits per heavy atom. The Balaban J connectivity index is 1.73. The number of ether oxygens (including phenoxy) is 1. The number of para-hydroxylation sites is 1. The van der Waals surface area contributed by atoms with Crippen molar-refractivity contribution in [2.75, 3.05) is 17.2 Å². The van der Waals surface area contributed by atoms with E-state index in [9.17, 15) is 14.9 Å². The molecule has 3 aromatic rings. The van der Waals surface area contributed by atoms with Gasteiger partial charge in [-0.15, -0.1) is 0 Å². The fourth-order valence-electron chi connectivity index (χ4n) is 2.95. The minimum absolute atomic E-state index is 0.134. The maximum absolute atomic E-state index is 12.5. The van der Waals surface area contributed by atoms with Gasteiger partial charge in [0, 0.05) is 22.0 Å². The van der Waals surface area contributed by atoms with Gasteiger partial charge in [0.15, 0.2) is 6.61 Å². The third-order valence-corrected chi connectivity index (χ3v) is 5.05. The summed E-state index contributed by atoms with van der Waals surface area (Å²) in [5.74, 6) is -0.595. The zero-order valence-electron chi connectivity index (χ0n) is 18.2. The first-order valence-corrected chi connectivity index (χ1v) is 10.5. The van der Waals surface area contributed by atoms with Gasteiger partial charge in [-0.3, -0.25) is 9.59 Å². The molecule has 0 bridgehead atoms. The van der Waals surface area contributed by atoms with E-state index >= 15 is 0 Å². The van der Waals surface area contributed by atoms with Crippen molar-refractivity contribution < 1.29 is 14.3 Å². The van der Waals surface area contributed by atoms with Gasteiger partial charge in [-0.1, -0.05) is 35.9 Å². The summed E-state index contributed by atoms with van der Waals surface area (Å²) >= 11 is 6.10. The molecule has 3 rings (SSSR count). The Morgan fingerprint density at radius 3 is 2.42 bits per heavy atom. The van der Waals surface area contributed by atoms with Crippen LogP contribution in [0.2, 0.25) is 5.02 Å². The first-order chi connectivity index (χ1) is 15.9. The van der Waals surface area contributed by atoms with Crippen LogP contribution in [0.25, 0.3) is 6.08 Å². The molecule has 3 aromatic carbocycles. The lowest BCUT2D eigenvalue weighted by Crippen LogP contribution is -2.20. The minimum Gasteiger partial charge on any atom is -0.483 e. The third kappa shape index (κ3) is 6.70. The van der Waals surface area contributed by atoms with Crippen molar-refractivity contribution in [2.45, 2.75) is 13.8 Å². The van der Waals surface area contributed by atoms with Gasteiger partial charge in [-0.2, -0.15) is 5.26 Å². The van der Waals surface area contributed by atoms with Crippen LogP contribution in [-0.2, 0) is 9.59 Å². The summed E-state index contributed by atoms with van der Waals surface area (Å²) in [7, 11) is 0. The summed E-state index contributed by atoms with van der Waals surface area (Å²) in [4.78, 5) is 24.9. The smallest absolute Gasteiger partial charge is 0.266 e. The maximum Gasteiger partial charge on any atom is 0.266 e. The zero-order valence-corrected chi connectivity index (χ0v) is 18.9. The SMILES string of the molecule is Cc1ccc(NC(=O)COc2ccc(Cl)cc2/C=C(\C#N)C(=O)Nc2ccccc2)cc1C. The Bertz CT molecular complexity index is 1250. The van der Waals surface area contributed by atoms with Gasteiger partial charge in [-0.05, 0) is 73.5 Å². The van der Waals surface area contributed by atoms with Crippen LogP contribution in [-0.4, -0.2) is 18.4 Å². The lowest BCUT2D eigenvalue weighted by molar-refractivity contribution is -0.118. The largest absolute Gasteiger partial charge is 0.483 e. The van der Waals surface area contributed by atoms with Crippen molar-refractivity contribution in [2.24, 2.45) is 0 Å². The second-order valence-corrected chi connectivity index (χ2v) is 7.74. The first kappa shape index (κ1) is 23.6. The standard InChI is InChI=1S/C26H22ClN3O3/c1-17-8-10-23(12-18(17)2)29-25(31)16-33-24-11-9-21(27)14-19(24)13-20(15-28)26(32)30-22-6-4-3-5-7-22/h3-14H,16H2,1-2H3,(H,29,31)(H,30,32)/b20-13+. The number of nitrogens with one attached hydrogen (secondary N) is 2. The van der Waals surface area contributed by atoms with Crippen LogP contribution in [0.5, 0.6) is 5.75 Å². The highest BCUT2D eigenvalue weighted by Gasteiger charge is 2.13. The Labute approximate surface area is 197 Å². The summed E-state index contributed by atoms with van der Waals surface area (Å²) in [6, 6.07) is 21.1. The van der Waals surface area contributed by atoms with Crippen LogP contribution in [0.3, 0.4) is 0 Å². The minimum atomic E-state index is -0.567. The number of nitrogens with zero attached hydrogens (tertiary/aromatic N) is 1. The number of carbonyl (C=O) groups excluding carboxylic acids is 2. The number of carbonyl (C=O) groups is 2. The van der Waals surface area contributed by atoms with E-state index < -0.39 is 5.91 Å². The quantitative estimate of drug-likeness (QED) is 0.359. The number of anilines is 2. The fourth-order valence-corrected chi connectivity index (χ4v) is 3.13. The van der Waals surface area contributed by atoms with Crippen molar-refractivity contribution in [1.29, 1.82) is 5.26 Å². The van der Waals surface area contributed by atoms with Gasteiger partial charge in [0.25, 0.3) is 11.8 Å². The summed E-state index contributed by atoms with van der Waals surface area (Å²) in [6.45, 7) is 3.71. The second-order valence-electron chi connectivity index (χ2n) is 7.31. The van der Waals surface area contributed by atoms with Crippen molar-refractivity contribution in [1.82, 2.24) is 0 Å². The summed E-state index contributed by atoms with van der Waals surface area (Å²) < 4.78 is 5.67. The summed E-state index contributed by atoms with van der Waals surface area (Å²) in [5, 5.41) is 15.4. The topological polar surface area (TPSA) is 91.2 Å². The molecule has 7 heteroatoms. The van der Waals surface area contributed by atoms with E-state index in [1.54, 1.807) is 42.5 Å². The molecular weight excluding hydrogens is 438 g/mol. The highest BCUT2D eigenvalue weighted by molar-refractivity contribution is 6.30. The molecule has 0 saturated heterocycles. The number of rotatable bonds is 7. The molecule has 2 amide bonds. The molecule has 0 spiro atoms. The molecule has 33 heavy (non-hydrogen) atoms. The van der Waals surface area contributed by atoms with Gasteiger partial charge in [0.1, 0.15) is 17.4 Å². The van der Waals surface area contributed by atoms with E-state index in [0.717, 1.165) is 11.1 Å². The lowest BCUT2D eigenvalue weighted by Gasteiger charge is -2.11. The van der Waals surface area contributed by atoms with Crippen molar-refractivity contribution in [3.63, 3.8) is 0 Å². The monoisotopic (exact) mass is 459 g/mol. The number of amides is 2. The summed E-state index contributed by atoms with van der Waals surface area (Å²) in [5.41, 5.74) is 3.70. The van der Waals surface area contributed by atoms with E-state index in [4.69, 9.17) is 16.3 Å². The first-order valence-electron chi connectivity index (χ1n) is 10.1. The van der Waals surface area contributed by atoms with Crippen LogP contribution >= 0.6 is 11.6 Å². The number of nitriles is 1. The van der Waals surface area contributed by atoms with E-state index in [1.165, 1.54) is 6.08 Å². The number of hydrogen-bond donors (Lipinski definition) is 2. The molecular formula is C26H22ClN3O3. The molecule has 0 radical (unpaired) electrons. The molecule has 0 aliphatic heterocycles. The van der Waals surface area contributed by atoms with Gasteiger partial charge >= 0.3 is 0 Å². The molecule has 0 aromatic heterocycles. The highest BCUT2D eigenvalue weighted by atomic mass is 35.5. The van der Waals surface area contributed by atoms with Gasteiger partial charge < -0.3 is 15.4 Å². The van der Waals surface area contributed by atoms with Crippen LogP contribution < -0.4 is 15.4 Å². The van der Waals surface area contributed by atoms with Crippen molar-refractivity contribution >= 4 is 40.9 Å². The van der Waals surface area contributed by atoms with Crippen molar-refractivity contribution in [3.8, 4) is 11.8 Å². The zero-order chi connectivity index (χ0) is 23.8. The predicted molar refractivity (Wildman–Crippen MR) is 130 cm³/mol. The molecule has 0 aliphatic rings. The van der Waals surface area contributed by atoms with Crippen LogP contribution in [0.15, 0.2) is 72.3 Å². The predicted octanol–water partition coefficient (Wildman–Crippen LogP) is 5.52. The molecule has 0 fully saturated rings.